The van der Waals surface area contributed by atoms with Crippen LogP contribution in [-0.2, 0) is 6.42 Å². The van der Waals surface area contributed by atoms with Crippen LogP contribution in [0.25, 0.3) is 0 Å². The van der Waals surface area contributed by atoms with Crippen molar-refractivity contribution in [2.24, 2.45) is 0 Å². The van der Waals surface area contributed by atoms with Gasteiger partial charge in [0.1, 0.15) is 10.9 Å². The lowest BCUT2D eigenvalue weighted by atomic mass is 10.0. The van der Waals surface area contributed by atoms with E-state index in [0.29, 0.717) is 17.7 Å². The summed E-state index contributed by atoms with van der Waals surface area (Å²) in [5.74, 6) is -1.17. The average molecular weight is 335 g/mol. The number of amides is 1. The number of carbonyl (C=O) groups is 2. The molecule has 6 nitrogen and oxygen atoms in total. The summed E-state index contributed by atoms with van der Waals surface area (Å²) in [5, 5.41) is 12.0. The number of pyridine rings is 1. The van der Waals surface area contributed by atoms with Gasteiger partial charge in [-0.15, -0.1) is 0 Å². The zero-order valence-corrected chi connectivity index (χ0v) is 13.3. The van der Waals surface area contributed by atoms with Crippen LogP contribution in [0.4, 0.5) is 5.69 Å². The van der Waals surface area contributed by atoms with E-state index in [9.17, 15) is 14.7 Å². The third kappa shape index (κ3) is 3.43. The molecule has 1 heterocycles. The molecule has 1 aromatic heterocycles. The Kier molecular flexibility index (Phi) is 5.18. The molecule has 0 fully saturated rings. The number of hydrogen-bond donors (Lipinski definition) is 2. The van der Waals surface area contributed by atoms with Gasteiger partial charge < -0.3 is 15.2 Å². The number of aromatic nitrogens is 1. The van der Waals surface area contributed by atoms with E-state index in [0.717, 1.165) is 0 Å². The third-order valence-electron chi connectivity index (χ3n) is 3.32. The molecule has 0 aliphatic rings. The number of methoxy groups -OCH3 is 1. The third-order valence-corrected chi connectivity index (χ3v) is 3.62. The Hall–Kier alpha value is -2.60. The van der Waals surface area contributed by atoms with Crippen LogP contribution in [0.5, 0.6) is 5.75 Å². The molecule has 23 heavy (non-hydrogen) atoms. The van der Waals surface area contributed by atoms with Gasteiger partial charge in [0, 0.05) is 11.8 Å². The summed E-state index contributed by atoms with van der Waals surface area (Å²) >= 11 is 5.91. The summed E-state index contributed by atoms with van der Waals surface area (Å²) in [6.07, 6.45) is 1.95. The van der Waals surface area contributed by atoms with Crippen molar-refractivity contribution in [3.05, 3.63) is 52.3 Å². The minimum absolute atomic E-state index is 0.0176. The first-order chi connectivity index (χ1) is 11.0. The zero-order chi connectivity index (χ0) is 17.0. The molecule has 0 saturated heterocycles. The number of hydrogen-bond acceptors (Lipinski definition) is 4. The van der Waals surface area contributed by atoms with Crippen LogP contribution in [0.2, 0.25) is 5.15 Å². The van der Waals surface area contributed by atoms with Crippen LogP contribution in [0.1, 0.15) is 33.2 Å². The number of anilines is 1. The fourth-order valence-corrected chi connectivity index (χ4v) is 2.43. The van der Waals surface area contributed by atoms with Gasteiger partial charge in [0.2, 0.25) is 0 Å². The fourth-order valence-electron chi connectivity index (χ4n) is 2.23. The van der Waals surface area contributed by atoms with Gasteiger partial charge in [0.15, 0.2) is 0 Å². The Morgan fingerprint density at radius 2 is 2.04 bits per heavy atom. The van der Waals surface area contributed by atoms with Crippen LogP contribution in [0.3, 0.4) is 0 Å². The van der Waals surface area contributed by atoms with Gasteiger partial charge in [-0.1, -0.05) is 18.5 Å². The molecule has 0 radical (unpaired) electrons. The number of ether oxygens (including phenoxy) is 1. The van der Waals surface area contributed by atoms with E-state index in [4.69, 9.17) is 16.3 Å². The lowest BCUT2D eigenvalue weighted by Gasteiger charge is -2.16. The normalized spacial score (nSPS) is 10.2. The SMILES string of the molecule is CCc1c(OC)ccc(C(=O)O)c1NC(=O)c1cccnc1Cl. The second-order valence-electron chi connectivity index (χ2n) is 4.62. The van der Waals surface area contributed by atoms with Gasteiger partial charge in [-0.3, -0.25) is 4.79 Å². The second kappa shape index (κ2) is 7.11. The minimum atomic E-state index is -1.14. The first-order valence-electron chi connectivity index (χ1n) is 6.84. The zero-order valence-electron chi connectivity index (χ0n) is 12.6. The Labute approximate surface area is 138 Å². The highest BCUT2D eigenvalue weighted by atomic mass is 35.5. The van der Waals surface area contributed by atoms with E-state index in [1.807, 2.05) is 6.92 Å². The first kappa shape index (κ1) is 16.8. The predicted octanol–water partition coefficient (Wildman–Crippen LogP) is 3.26. The van der Waals surface area contributed by atoms with Crippen LogP contribution < -0.4 is 10.1 Å². The van der Waals surface area contributed by atoms with Gasteiger partial charge in [-0.25, -0.2) is 9.78 Å². The lowest BCUT2D eigenvalue weighted by molar-refractivity contribution is 0.0698. The summed E-state index contributed by atoms with van der Waals surface area (Å²) in [7, 11) is 1.48. The number of carboxylic acids is 1. The van der Waals surface area contributed by atoms with Crippen molar-refractivity contribution < 1.29 is 19.4 Å². The van der Waals surface area contributed by atoms with Crippen LogP contribution in [0.15, 0.2) is 30.5 Å². The molecule has 1 aromatic carbocycles. The number of carboxylic acid groups (broad SMARTS) is 1. The van der Waals surface area contributed by atoms with E-state index in [1.54, 1.807) is 12.1 Å². The van der Waals surface area contributed by atoms with Crippen molar-refractivity contribution in [2.45, 2.75) is 13.3 Å². The molecule has 0 aliphatic heterocycles. The topological polar surface area (TPSA) is 88.5 Å². The summed E-state index contributed by atoms with van der Waals surface area (Å²) in [4.78, 5) is 27.7. The smallest absolute Gasteiger partial charge is 0.337 e. The summed E-state index contributed by atoms with van der Waals surface area (Å²) in [5.41, 5.74) is 0.941. The number of halogens is 1. The summed E-state index contributed by atoms with van der Waals surface area (Å²) in [6, 6.07) is 6.04. The Morgan fingerprint density at radius 3 is 2.61 bits per heavy atom. The molecule has 0 aliphatic carbocycles. The second-order valence-corrected chi connectivity index (χ2v) is 4.98. The maximum Gasteiger partial charge on any atom is 0.337 e. The molecule has 1 amide bonds. The van der Waals surface area contributed by atoms with Crippen molar-refractivity contribution in [3.8, 4) is 5.75 Å². The molecule has 0 atom stereocenters. The Balaban J connectivity index is 2.51. The number of carbonyl (C=O) groups excluding carboxylic acids is 1. The molecule has 0 saturated carbocycles. The predicted molar refractivity (Wildman–Crippen MR) is 86.5 cm³/mol. The molecule has 7 heteroatoms. The van der Waals surface area contributed by atoms with E-state index in [1.165, 1.54) is 25.4 Å². The summed E-state index contributed by atoms with van der Waals surface area (Å²) in [6.45, 7) is 1.84. The lowest BCUT2D eigenvalue weighted by Crippen LogP contribution is -2.17. The highest BCUT2D eigenvalue weighted by molar-refractivity contribution is 6.33. The molecular weight excluding hydrogens is 320 g/mol. The number of benzene rings is 1. The quantitative estimate of drug-likeness (QED) is 0.819. The minimum Gasteiger partial charge on any atom is -0.496 e. The van der Waals surface area contributed by atoms with Crippen LogP contribution in [-0.4, -0.2) is 29.1 Å². The molecule has 0 spiro atoms. The molecular formula is C16H15ClN2O4. The maximum atomic E-state index is 12.4. The molecule has 120 valence electrons. The average Bonchev–Trinajstić information content (AvgIpc) is 2.54. The highest BCUT2D eigenvalue weighted by Crippen LogP contribution is 2.31. The van der Waals surface area contributed by atoms with Gasteiger partial charge in [0.25, 0.3) is 5.91 Å². The number of nitrogens with zero attached hydrogens (tertiary/aromatic N) is 1. The van der Waals surface area contributed by atoms with E-state index in [-0.39, 0.29) is 22.0 Å². The van der Waals surface area contributed by atoms with Crippen molar-refractivity contribution in [1.29, 1.82) is 0 Å². The fraction of sp³-hybridized carbons (Fsp3) is 0.188. The molecule has 2 aromatic rings. The Bertz CT molecular complexity index is 762. The standard InChI is InChI=1S/C16H15ClN2O4/c1-3-9-12(23-2)7-6-10(16(21)22)13(9)19-15(20)11-5-4-8-18-14(11)17/h4-8H,3H2,1-2H3,(H,19,20)(H,21,22). The maximum absolute atomic E-state index is 12.4. The van der Waals surface area contributed by atoms with E-state index >= 15 is 0 Å². The summed E-state index contributed by atoms with van der Waals surface area (Å²) < 4.78 is 5.24. The largest absolute Gasteiger partial charge is 0.496 e. The van der Waals surface area contributed by atoms with Gasteiger partial charge in [-0.05, 0) is 30.7 Å². The molecule has 2 N–H and O–H groups in total. The van der Waals surface area contributed by atoms with Crippen LogP contribution >= 0.6 is 11.6 Å². The Morgan fingerprint density at radius 1 is 1.30 bits per heavy atom. The van der Waals surface area contributed by atoms with Crippen molar-refractivity contribution in [3.63, 3.8) is 0 Å². The highest BCUT2D eigenvalue weighted by Gasteiger charge is 2.21. The molecule has 2 rings (SSSR count). The molecule has 0 bridgehead atoms. The monoisotopic (exact) mass is 334 g/mol. The van der Waals surface area contributed by atoms with Crippen molar-refractivity contribution >= 4 is 29.2 Å². The van der Waals surface area contributed by atoms with Gasteiger partial charge >= 0.3 is 5.97 Å². The number of rotatable bonds is 5. The van der Waals surface area contributed by atoms with Crippen molar-refractivity contribution in [1.82, 2.24) is 4.98 Å². The van der Waals surface area contributed by atoms with E-state index < -0.39 is 11.9 Å². The van der Waals surface area contributed by atoms with Gasteiger partial charge in [0.05, 0.1) is 23.9 Å². The number of aromatic carboxylic acids is 1. The van der Waals surface area contributed by atoms with Crippen molar-refractivity contribution in [2.75, 3.05) is 12.4 Å². The molecule has 0 unspecified atom stereocenters. The van der Waals surface area contributed by atoms with E-state index in [2.05, 4.69) is 10.3 Å². The van der Waals surface area contributed by atoms with Gasteiger partial charge in [-0.2, -0.15) is 0 Å². The first-order valence-corrected chi connectivity index (χ1v) is 7.22. The van der Waals surface area contributed by atoms with Crippen LogP contribution in [0, 0.1) is 0 Å². The number of nitrogens with one attached hydrogen (secondary N) is 1.